The van der Waals surface area contributed by atoms with E-state index in [4.69, 9.17) is 9.72 Å². The molecule has 2 aromatic rings. The number of imidazole rings is 1. The molecule has 120 valence electrons. The van der Waals surface area contributed by atoms with Crippen molar-refractivity contribution in [2.75, 3.05) is 44.7 Å². The fourth-order valence-electron chi connectivity index (χ4n) is 3.22. The van der Waals surface area contributed by atoms with E-state index in [-0.39, 0.29) is 0 Å². The zero-order chi connectivity index (χ0) is 15.5. The molecule has 5 heteroatoms. The highest BCUT2D eigenvalue weighted by Gasteiger charge is 2.21. The topological polar surface area (TPSA) is 33.5 Å². The summed E-state index contributed by atoms with van der Waals surface area (Å²) < 4.78 is 7.67. The second-order valence-corrected chi connectivity index (χ2v) is 5.79. The molecule has 0 fully saturated rings. The van der Waals surface area contributed by atoms with Crippen molar-refractivity contribution in [2.24, 2.45) is 0 Å². The van der Waals surface area contributed by atoms with Gasteiger partial charge in [-0.3, -0.25) is 0 Å². The summed E-state index contributed by atoms with van der Waals surface area (Å²) in [6.45, 7) is 11.0. The van der Waals surface area contributed by atoms with Crippen LogP contribution in [0.5, 0.6) is 5.75 Å². The first-order valence-electron chi connectivity index (χ1n) is 8.28. The third-order valence-corrected chi connectivity index (χ3v) is 4.61. The Morgan fingerprint density at radius 3 is 2.77 bits per heavy atom. The van der Waals surface area contributed by atoms with Gasteiger partial charge in [0.2, 0.25) is 5.95 Å². The van der Waals surface area contributed by atoms with Gasteiger partial charge < -0.3 is 19.1 Å². The second kappa shape index (κ2) is 6.57. The maximum atomic E-state index is 5.32. The lowest BCUT2D eigenvalue weighted by Crippen LogP contribution is -2.39. The van der Waals surface area contributed by atoms with Crippen molar-refractivity contribution >= 4 is 17.0 Å². The van der Waals surface area contributed by atoms with Gasteiger partial charge in [-0.15, -0.1) is 0 Å². The van der Waals surface area contributed by atoms with Gasteiger partial charge >= 0.3 is 0 Å². The molecule has 0 unspecified atom stereocenters. The van der Waals surface area contributed by atoms with Gasteiger partial charge in [0.05, 0.1) is 18.1 Å². The molecule has 22 heavy (non-hydrogen) atoms. The minimum Gasteiger partial charge on any atom is -0.497 e. The van der Waals surface area contributed by atoms with Gasteiger partial charge in [-0.25, -0.2) is 4.98 Å². The van der Waals surface area contributed by atoms with Crippen molar-refractivity contribution in [3.63, 3.8) is 0 Å². The molecule has 0 aliphatic carbocycles. The van der Waals surface area contributed by atoms with Gasteiger partial charge in [-0.1, -0.05) is 13.8 Å². The highest BCUT2D eigenvalue weighted by atomic mass is 16.5. The van der Waals surface area contributed by atoms with E-state index in [2.05, 4.69) is 34.3 Å². The number of likely N-dealkylation sites (N-methyl/N-ethyl adjacent to an activating group) is 1. The Morgan fingerprint density at radius 2 is 2.05 bits per heavy atom. The Kier molecular flexibility index (Phi) is 4.52. The number of aromatic nitrogens is 2. The molecule has 1 aromatic carbocycles. The van der Waals surface area contributed by atoms with E-state index in [1.807, 2.05) is 12.1 Å². The van der Waals surface area contributed by atoms with Crippen LogP contribution in [-0.2, 0) is 6.54 Å². The third kappa shape index (κ3) is 2.77. The van der Waals surface area contributed by atoms with Gasteiger partial charge in [0.15, 0.2) is 0 Å². The molecular formula is C17H26N4O. The molecule has 0 atom stereocenters. The van der Waals surface area contributed by atoms with Gasteiger partial charge in [0, 0.05) is 32.2 Å². The molecule has 2 heterocycles. The second-order valence-electron chi connectivity index (χ2n) is 5.79. The zero-order valence-electron chi connectivity index (χ0n) is 13.9. The van der Waals surface area contributed by atoms with Crippen molar-refractivity contribution in [1.82, 2.24) is 14.5 Å². The Morgan fingerprint density at radius 1 is 1.23 bits per heavy atom. The van der Waals surface area contributed by atoms with Crippen LogP contribution in [0.4, 0.5) is 5.95 Å². The number of fused-ring (bicyclic) bond motifs is 3. The molecule has 0 radical (unpaired) electrons. The van der Waals surface area contributed by atoms with E-state index < -0.39 is 0 Å². The Balaban J connectivity index is 1.86. The Hall–Kier alpha value is -1.75. The van der Waals surface area contributed by atoms with Crippen molar-refractivity contribution in [1.29, 1.82) is 0 Å². The van der Waals surface area contributed by atoms with Crippen LogP contribution in [0.15, 0.2) is 18.2 Å². The van der Waals surface area contributed by atoms with Gasteiger partial charge in [0.1, 0.15) is 5.75 Å². The lowest BCUT2D eigenvalue weighted by molar-refractivity contribution is 0.307. The molecule has 5 nitrogen and oxygen atoms in total. The number of ether oxygens (including phenoxy) is 1. The van der Waals surface area contributed by atoms with Crippen LogP contribution in [0, 0.1) is 0 Å². The summed E-state index contributed by atoms with van der Waals surface area (Å²) in [7, 11) is 1.70. The van der Waals surface area contributed by atoms with Crippen LogP contribution in [-0.4, -0.2) is 54.3 Å². The fourth-order valence-corrected chi connectivity index (χ4v) is 3.22. The van der Waals surface area contributed by atoms with Crippen molar-refractivity contribution in [3.05, 3.63) is 18.2 Å². The first-order chi connectivity index (χ1) is 10.8. The van der Waals surface area contributed by atoms with E-state index in [1.165, 1.54) is 11.9 Å². The number of hydrogen-bond donors (Lipinski definition) is 0. The maximum absolute atomic E-state index is 5.32. The molecule has 3 rings (SSSR count). The Labute approximate surface area is 132 Å². The van der Waals surface area contributed by atoms with Crippen molar-refractivity contribution in [2.45, 2.75) is 26.8 Å². The predicted octanol–water partition coefficient (Wildman–Crippen LogP) is 2.60. The number of aryl methyl sites for hydroxylation is 1. The fraction of sp³-hybridized carbons (Fsp3) is 0.588. The highest BCUT2D eigenvalue weighted by Crippen LogP contribution is 2.28. The number of rotatable bonds is 6. The quantitative estimate of drug-likeness (QED) is 0.821. The normalized spacial score (nSPS) is 14.6. The SMILES string of the molecule is CCN(CC)CCN1CCCn2c1nc1cc(OC)ccc12. The first-order valence-corrected chi connectivity index (χ1v) is 8.28. The average molecular weight is 302 g/mol. The van der Waals surface area contributed by atoms with Gasteiger partial charge in [-0.2, -0.15) is 0 Å². The van der Waals surface area contributed by atoms with E-state index in [1.54, 1.807) is 7.11 Å². The summed E-state index contributed by atoms with van der Waals surface area (Å²) in [5.74, 6) is 1.99. The third-order valence-electron chi connectivity index (χ3n) is 4.61. The molecule has 1 aliphatic rings. The molecule has 0 N–H and O–H groups in total. The van der Waals surface area contributed by atoms with E-state index in [9.17, 15) is 0 Å². The standard InChI is InChI=1S/C17H26N4O/c1-4-19(5-2)11-12-20-9-6-10-21-16-8-7-14(22-3)13-15(16)18-17(20)21/h7-8,13H,4-6,9-12H2,1-3H3. The van der Waals surface area contributed by atoms with E-state index >= 15 is 0 Å². The molecule has 0 saturated heterocycles. The molecule has 0 saturated carbocycles. The molecule has 1 aliphatic heterocycles. The van der Waals surface area contributed by atoms with E-state index in [0.29, 0.717) is 0 Å². The summed E-state index contributed by atoms with van der Waals surface area (Å²) in [6, 6.07) is 6.17. The van der Waals surface area contributed by atoms with Crippen molar-refractivity contribution in [3.8, 4) is 5.75 Å². The smallest absolute Gasteiger partial charge is 0.206 e. The lowest BCUT2D eigenvalue weighted by Gasteiger charge is -2.31. The predicted molar refractivity (Wildman–Crippen MR) is 90.9 cm³/mol. The summed E-state index contributed by atoms with van der Waals surface area (Å²) in [6.07, 6.45) is 1.18. The summed E-state index contributed by atoms with van der Waals surface area (Å²) in [4.78, 5) is 9.75. The minimum absolute atomic E-state index is 0.873. The number of anilines is 1. The first kappa shape index (κ1) is 15.2. The average Bonchev–Trinajstić information content (AvgIpc) is 2.94. The summed E-state index contributed by atoms with van der Waals surface area (Å²) in [5.41, 5.74) is 2.24. The van der Waals surface area contributed by atoms with Gasteiger partial charge in [-0.05, 0) is 31.6 Å². The molecule has 0 spiro atoms. The molecule has 0 amide bonds. The molecule has 1 aromatic heterocycles. The van der Waals surface area contributed by atoms with Crippen LogP contribution in [0.2, 0.25) is 0 Å². The monoisotopic (exact) mass is 302 g/mol. The van der Waals surface area contributed by atoms with Crippen LogP contribution in [0.1, 0.15) is 20.3 Å². The minimum atomic E-state index is 0.873. The van der Waals surface area contributed by atoms with Gasteiger partial charge in [0.25, 0.3) is 0 Å². The Bertz CT molecular complexity index is 633. The molecule has 0 bridgehead atoms. The highest BCUT2D eigenvalue weighted by molar-refractivity contribution is 5.80. The number of nitrogens with zero attached hydrogens (tertiary/aromatic N) is 4. The van der Waals surface area contributed by atoms with Crippen molar-refractivity contribution < 1.29 is 4.74 Å². The van der Waals surface area contributed by atoms with E-state index in [0.717, 1.165) is 56.5 Å². The maximum Gasteiger partial charge on any atom is 0.206 e. The number of hydrogen-bond acceptors (Lipinski definition) is 4. The van der Waals surface area contributed by atoms with Crippen LogP contribution in [0.3, 0.4) is 0 Å². The van der Waals surface area contributed by atoms with Crippen LogP contribution < -0.4 is 9.64 Å². The number of benzene rings is 1. The largest absolute Gasteiger partial charge is 0.497 e. The lowest BCUT2D eigenvalue weighted by atomic mass is 10.2. The summed E-state index contributed by atoms with van der Waals surface area (Å²) >= 11 is 0. The zero-order valence-corrected chi connectivity index (χ0v) is 13.9. The molecular weight excluding hydrogens is 276 g/mol. The van der Waals surface area contributed by atoms with Crippen LogP contribution in [0.25, 0.3) is 11.0 Å². The summed E-state index contributed by atoms with van der Waals surface area (Å²) in [5, 5.41) is 0. The number of methoxy groups -OCH3 is 1. The van der Waals surface area contributed by atoms with Crippen LogP contribution >= 0.6 is 0 Å².